The molecule has 1 heterocycles. The molecule has 1 atom stereocenters. The highest BCUT2D eigenvalue weighted by atomic mass is 16.2. The van der Waals surface area contributed by atoms with E-state index in [9.17, 15) is 4.79 Å². The van der Waals surface area contributed by atoms with Gasteiger partial charge in [0.25, 0.3) is 0 Å². The smallest absolute Gasteiger partial charge is 0.321 e. The lowest BCUT2D eigenvalue weighted by Gasteiger charge is -2.18. The molecule has 132 valence electrons. The fourth-order valence-electron chi connectivity index (χ4n) is 2.60. The Morgan fingerprint density at radius 3 is 2.75 bits per heavy atom. The third-order valence-corrected chi connectivity index (χ3v) is 4.25. The van der Waals surface area contributed by atoms with E-state index in [1.807, 2.05) is 29.2 Å². The van der Waals surface area contributed by atoms with Gasteiger partial charge in [-0.05, 0) is 43.9 Å². The molecule has 0 aliphatic carbocycles. The first-order valence-electron chi connectivity index (χ1n) is 8.74. The van der Waals surface area contributed by atoms with Gasteiger partial charge >= 0.3 is 6.03 Å². The third-order valence-electron chi connectivity index (χ3n) is 4.25. The maximum atomic E-state index is 12.2. The van der Waals surface area contributed by atoms with Gasteiger partial charge in [-0.3, -0.25) is 4.99 Å². The highest BCUT2D eigenvalue weighted by molar-refractivity contribution is 5.89. The summed E-state index contributed by atoms with van der Waals surface area (Å²) >= 11 is 0. The van der Waals surface area contributed by atoms with Crippen LogP contribution in [0, 0.1) is 0 Å². The fourth-order valence-corrected chi connectivity index (χ4v) is 2.60. The van der Waals surface area contributed by atoms with Gasteiger partial charge in [0.1, 0.15) is 0 Å². The number of benzene rings is 1. The number of nitrogens with zero attached hydrogens (tertiary/aromatic N) is 2. The van der Waals surface area contributed by atoms with Crippen molar-refractivity contribution < 1.29 is 4.79 Å². The van der Waals surface area contributed by atoms with Crippen LogP contribution in [0.3, 0.4) is 0 Å². The number of anilines is 1. The first-order valence-corrected chi connectivity index (χ1v) is 8.74. The number of carbonyl (C=O) groups excluding carboxylic acids is 1. The standard InChI is InChI=1S/C18H29N5O/c1-4-14(2)21-17(19-3)20-13-15-8-7-9-16(12-15)22-18(24)23-10-5-6-11-23/h7-9,12,14H,4-6,10-11,13H2,1-3H3,(H,22,24)(H2,19,20,21). The van der Waals surface area contributed by atoms with Crippen LogP contribution in [0.2, 0.25) is 0 Å². The number of rotatable bonds is 5. The molecule has 0 saturated carbocycles. The lowest BCUT2D eigenvalue weighted by molar-refractivity contribution is 0.222. The zero-order valence-electron chi connectivity index (χ0n) is 14.9. The van der Waals surface area contributed by atoms with Crippen LogP contribution in [-0.4, -0.2) is 43.1 Å². The molecule has 24 heavy (non-hydrogen) atoms. The molecule has 6 heteroatoms. The lowest BCUT2D eigenvalue weighted by atomic mass is 10.2. The first kappa shape index (κ1) is 18.1. The molecule has 0 bridgehead atoms. The highest BCUT2D eigenvalue weighted by Gasteiger charge is 2.17. The van der Waals surface area contributed by atoms with Crippen LogP contribution in [-0.2, 0) is 6.54 Å². The molecule has 6 nitrogen and oxygen atoms in total. The van der Waals surface area contributed by atoms with E-state index in [2.05, 4.69) is 34.8 Å². The summed E-state index contributed by atoms with van der Waals surface area (Å²) in [6, 6.07) is 8.28. The van der Waals surface area contributed by atoms with Gasteiger partial charge in [-0.25, -0.2) is 4.79 Å². The Hall–Kier alpha value is -2.24. The second kappa shape index (κ2) is 9.15. The zero-order valence-corrected chi connectivity index (χ0v) is 14.9. The number of likely N-dealkylation sites (tertiary alicyclic amines) is 1. The molecule has 0 radical (unpaired) electrons. The summed E-state index contributed by atoms with van der Waals surface area (Å²) in [6.07, 6.45) is 3.23. The van der Waals surface area contributed by atoms with Gasteiger partial charge in [-0.1, -0.05) is 19.1 Å². The van der Waals surface area contributed by atoms with E-state index >= 15 is 0 Å². The van der Waals surface area contributed by atoms with E-state index in [4.69, 9.17) is 0 Å². The molecule has 1 aromatic carbocycles. The number of carbonyl (C=O) groups is 1. The summed E-state index contributed by atoms with van der Waals surface area (Å²) in [5, 5.41) is 9.62. The van der Waals surface area contributed by atoms with Gasteiger partial charge in [-0.2, -0.15) is 0 Å². The average Bonchev–Trinajstić information content (AvgIpc) is 3.13. The summed E-state index contributed by atoms with van der Waals surface area (Å²) in [5.41, 5.74) is 1.93. The monoisotopic (exact) mass is 331 g/mol. The van der Waals surface area contributed by atoms with Crippen molar-refractivity contribution in [3.05, 3.63) is 29.8 Å². The van der Waals surface area contributed by atoms with E-state index in [1.165, 1.54) is 0 Å². The molecular weight excluding hydrogens is 302 g/mol. The molecule has 0 spiro atoms. The number of amides is 2. The SMILES string of the molecule is CCC(C)NC(=NC)NCc1cccc(NC(=O)N2CCCC2)c1. The van der Waals surface area contributed by atoms with Gasteiger partial charge in [-0.15, -0.1) is 0 Å². The van der Waals surface area contributed by atoms with E-state index in [-0.39, 0.29) is 6.03 Å². The lowest BCUT2D eigenvalue weighted by Crippen LogP contribution is -2.41. The predicted octanol–water partition coefficient (Wildman–Crippen LogP) is 2.78. The van der Waals surface area contributed by atoms with Crippen molar-refractivity contribution in [1.29, 1.82) is 0 Å². The topological polar surface area (TPSA) is 68.8 Å². The Morgan fingerprint density at radius 1 is 1.33 bits per heavy atom. The van der Waals surface area contributed by atoms with Crippen molar-refractivity contribution in [1.82, 2.24) is 15.5 Å². The number of guanidine groups is 1. The van der Waals surface area contributed by atoms with E-state index in [0.717, 1.165) is 49.6 Å². The molecule has 2 amide bonds. The van der Waals surface area contributed by atoms with Crippen molar-refractivity contribution in [2.75, 3.05) is 25.5 Å². The van der Waals surface area contributed by atoms with Crippen molar-refractivity contribution >= 4 is 17.7 Å². The Labute approximate surface area is 144 Å². The van der Waals surface area contributed by atoms with Crippen LogP contribution >= 0.6 is 0 Å². The van der Waals surface area contributed by atoms with Crippen LogP contribution in [0.25, 0.3) is 0 Å². The van der Waals surface area contributed by atoms with Crippen LogP contribution in [0.15, 0.2) is 29.3 Å². The van der Waals surface area contributed by atoms with Crippen molar-refractivity contribution in [2.45, 2.75) is 45.7 Å². The van der Waals surface area contributed by atoms with Crippen LogP contribution in [0.5, 0.6) is 0 Å². The molecule has 1 fully saturated rings. The van der Waals surface area contributed by atoms with Crippen LogP contribution < -0.4 is 16.0 Å². The number of hydrogen-bond donors (Lipinski definition) is 3. The van der Waals surface area contributed by atoms with E-state index in [0.29, 0.717) is 12.6 Å². The molecule has 1 aromatic rings. The molecule has 1 unspecified atom stereocenters. The highest BCUT2D eigenvalue weighted by Crippen LogP contribution is 2.14. The normalized spacial score (nSPS) is 16.0. The average molecular weight is 331 g/mol. The maximum absolute atomic E-state index is 12.2. The minimum atomic E-state index is -0.00754. The van der Waals surface area contributed by atoms with E-state index < -0.39 is 0 Å². The van der Waals surface area contributed by atoms with Crippen LogP contribution in [0.4, 0.5) is 10.5 Å². The summed E-state index contributed by atoms with van der Waals surface area (Å²) in [6.45, 7) is 6.62. The van der Waals surface area contributed by atoms with Crippen molar-refractivity contribution in [2.24, 2.45) is 4.99 Å². The molecule has 0 aromatic heterocycles. The summed E-state index contributed by atoms with van der Waals surface area (Å²) < 4.78 is 0. The quantitative estimate of drug-likeness (QED) is 0.574. The summed E-state index contributed by atoms with van der Waals surface area (Å²) in [5.74, 6) is 0.788. The number of nitrogens with one attached hydrogen (secondary N) is 3. The minimum absolute atomic E-state index is 0.00754. The molecule has 1 saturated heterocycles. The Morgan fingerprint density at radius 2 is 2.08 bits per heavy atom. The Balaban J connectivity index is 1.88. The number of urea groups is 1. The Kier molecular flexibility index (Phi) is 6.90. The second-order valence-corrected chi connectivity index (χ2v) is 6.20. The molecule has 1 aliphatic rings. The second-order valence-electron chi connectivity index (χ2n) is 6.20. The third kappa shape index (κ3) is 5.44. The molecule has 1 aliphatic heterocycles. The summed E-state index contributed by atoms with van der Waals surface area (Å²) in [7, 11) is 1.77. The van der Waals surface area contributed by atoms with Crippen LogP contribution in [0.1, 0.15) is 38.7 Å². The molecule has 2 rings (SSSR count). The van der Waals surface area contributed by atoms with Crippen molar-refractivity contribution in [3.8, 4) is 0 Å². The van der Waals surface area contributed by atoms with E-state index in [1.54, 1.807) is 7.05 Å². The summed E-state index contributed by atoms with van der Waals surface area (Å²) in [4.78, 5) is 18.3. The number of aliphatic imine (C=N–C) groups is 1. The van der Waals surface area contributed by atoms with Gasteiger partial charge in [0.15, 0.2) is 5.96 Å². The largest absolute Gasteiger partial charge is 0.354 e. The van der Waals surface area contributed by atoms with Gasteiger partial charge in [0.2, 0.25) is 0 Å². The van der Waals surface area contributed by atoms with Gasteiger partial charge in [0.05, 0.1) is 0 Å². The van der Waals surface area contributed by atoms with Gasteiger partial charge in [0, 0.05) is 38.4 Å². The zero-order chi connectivity index (χ0) is 17.4. The maximum Gasteiger partial charge on any atom is 0.321 e. The number of hydrogen-bond acceptors (Lipinski definition) is 2. The van der Waals surface area contributed by atoms with Gasteiger partial charge < -0.3 is 20.9 Å². The predicted molar refractivity (Wildman–Crippen MR) is 99.4 cm³/mol. The molecule has 3 N–H and O–H groups in total. The van der Waals surface area contributed by atoms with Crippen molar-refractivity contribution in [3.63, 3.8) is 0 Å². The Bertz CT molecular complexity index is 566. The first-order chi connectivity index (χ1) is 11.6. The minimum Gasteiger partial charge on any atom is -0.354 e. The fraction of sp³-hybridized carbons (Fsp3) is 0.556. The molecular formula is C18H29N5O.